The normalized spacial score (nSPS) is 12.7. The van der Waals surface area contributed by atoms with E-state index in [9.17, 15) is 18.4 Å². The summed E-state index contributed by atoms with van der Waals surface area (Å²) >= 11 is 0. The van der Waals surface area contributed by atoms with Gasteiger partial charge in [-0.15, -0.1) is 0 Å². The van der Waals surface area contributed by atoms with Crippen LogP contribution in [0, 0.1) is 11.6 Å². The molecule has 0 bridgehead atoms. The fraction of sp³-hybridized carbons (Fsp3) is 0.120. The van der Waals surface area contributed by atoms with E-state index in [2.05, 4.69) is 0 Å². The molecule has 5 nitrogen and oxygen atoms in total. The molecule has 2 heterocycles. The number of hydrogen-bond donors (Lipinski definition) is 0. The highest BCUT2D eigenvalue weighted by Crippen LogP contribution is 2.34. The van der Waals surface area contributed by atoms with Crippen LogP contribution < -0.4 is 14.9 Å². The Bertz CT molecular complexity index is 1410. The third kappa shape index (κ3) is 3.51. The van der Waals surface area contributed by atoms with Gasteiger partial charge < -0.3 is 14.0 Å². The van der Waals surface area contributed by atoms with Crippen LogP contribution in [0.3, 0.4) is 0 Å². The van der Waals surface area contributed by atoms with Gasteiger partial charge in [0.15, 0.2) is 17.3 Å². The molecule has 32 heavy (non-hydrogen) atoms. The second kappa shape index (κ2) is 7.92. The summed E-state index contributed by atoms with van der Waals surface area (Å²) in [5, 5.41) is 0.249. The van der Waals surface area contributed by atoms with Crippen molar-refractivity contribution in [2.75, 3.05) is 13.2 Å². The molecule has 4 aromatic rings. The van der Waals surface area contributed by atoms with Crippen LogP contribution in [-0.2, 0) is 6.54 Å². The number of carbonyl (C=O) groups is 1. The van der Waals surface area contributed by atoms with Gasteiger partial charge in [0.25, 0.3) is 0 Å². The van der Waals surface area contributed by atoms with E-state index in [1.54, 1.807) is 34.9 Å². The maximum atomic E-state index is 14.4. The minimum Gasteiger partial charge on any atom is -0.486 e. The van der Waals surface area contributed by atoms with Crippen LogP contribution in [0.2, 0.25) is 0 Å². The third-order valence-electron chi connectivity index (χ3n) is 5.39. The number of benzene rings is 3. The fourth-order valence-electron chi connectivity index (χ4n) is 3.79. The Morgan fingerprint density at radius 3 is 2.34 bits per heavy atom. The second-order valence-electron chi connectivity index (χ2n) is 7.44. The van der Waals surface area contributed by atoms with Gasteiger partial charge >= 0.3 is 0 Å². The average Bonchev–Trinajstić information content (AvgIpc) is 2.81. The molecular weight excluding hydrogens is 416 g/mol. The Hall–Kier alpha value is -4.00. The Morgan fingerprint density at radius 1 is 0.938 bits per heavy atom. The van der Waals surface area contributed by atoms with Gasteiger partial charge in [-0.05, 0) is 36.4 Å². The number of carbonyl (C=O) groups excluding carboxylic acids is 1. The number of ether oxygens (including phenoxy) is 2. The van der Waals surface area contributed by atoms with Crippen molar-refractivity contribution in [3.05, 3.63) is 105 Å². The summed E-state index contributed by atoms with van der Waals surface area (Å²) in [5.74, 6) is -0.550. The minimum absolute atomic E-state index is 0.0901. The molecule has 5 rings (SSSR count). The van der Waals surface area contributed by atoms with Gasteiger partial charge in [0.2, 0.25) is 5.43 Å². The second-order valence-corrected chi connectivity index (χ2v) is 7.44. The van der Waals surface area contributed by atoms with E-state index in [4.69, 9.17) is 9.47 Å². The third-order valence-corrected chi connectivity index (χ3v) is 5.39. The van der Waals surface area contributed by atoms with E-state index in [-0.39, 0.29) is 23.1 Å². The number of nitrogens with zero attached hydrogens (tertiary/aromatic N) is 1. The predicted octanol–water partition coefficient (Wildman–Crippen LogP) is 4.33. The first-order valence-electron chi connectivity index (χ1n) is 10.0. The predicted molar refractivity (Wildman–Crippen MR) is 115 cm³/mol. The van der Waals surface area contributed by atoms with Gasteiger partial charge in [-0.3, -0.25) is 9.59 Å². The molecular formula is C25H17F2NO4. The first kappa shape index (κ1) is 19.9. The van der Waals surface area contributed by atoms with Gasteiger partial charge in [0.05, 0.1) is 23.0 Å². The maximum Gasteiger partial charge on any atom is 0.200 e. The number of pyridine rings is 1. The molecule has 160 valence electrons. The Kier molecular flexibility index (Phi) is 4.93. The molecule has 0 amide bonds. The first-order chi connectivity index (χ1) is 15.5. The van der Waals surface area contributed by atoms with Gasteiger partial charge in [0.1, 0.15) is 24.8 Å². The van der Waals surface area contributed by atoms with E-state index in [0.717, 1.165) is 12.1 Å². The maximum absolute atomic E-state index is 14.4. The van der Waals surface area contributed by atoms with Crippen LogP contribution in [0.4, 0.5) is 8.78 Å². The molecule has 3 aromatic carbocycles. The zero-order valence-electron chi connectivity index (χ0n) is 16.8. The Balaban J connectivity index is 1.73. The van der Waals surface area contributed by atoms with Crippen LogP contribution in [0.1, 0.15) is 21.5 Å². The number of aromatic nitrogens is 1. The van der Waals surface area contributed by atoms with Gasteiger partial charge in [0, 0.05) is 23.4 Å². The lowest BCUT2D eigenvalue weighted by Crippen LogP contribution is -2.22. The van der Waals surface area contributed by atoms with Crippen molar-refractivity contribution in [1.82, 2.24) is 4.57 Å². The molecule has 0 aliphatic carbocycles. The molecule has 0 radical (unpaired) electrons. The van der Waals surface area contributed by atoms with Gasteiger partial charge in [-0.1, -0.05) is 18.2 Å². The molecule has 0 spiro atoms. The highest BCUT2D eigenvalue weighted by molar-refractivity contribution is 6.10. The standard InChI is InChI=1S/C25H17F2NO4/c26-17-7-5-15(6-8-17)24(29)19-14-28(13-16-3-1-2-4-20(16)27)21-12-23-22(31-9-10-32-23)11-18(21)25(19)30/h1-8,11-12,14H,9-10,13H2. The van der Waals surface area contributed by atoms with E-state index >= 15 is 0 Å². The number of halogens is 2. The van der Waals surface area contributed by atoms with Crippen molar-refractivity contribution < 1.29 is 23.0 Å². The lowest BCUT2D eigenvalue weighted by Gasteiger charge is -2.21. The summed E-state index contributed by atoms with van der Waals surface area (Å²) < 4.78 is 40.6. The molecule has 0 saturated carbocycles. The SMILES string of the molecule is O=C(c1ccc(F)cc1)c1cn(Cc2ccccc2F)c2cc3c(cc2c1=O)OCCO3. The van der Waals surface area contributed by atoms with Crippen LogP contribution in [-0.4, -0.2) is 23.6 Å². The van der Waals surface area contributed by atoms with Crippen molar-refractivity contribution in [3.63, 3.8) is 0 Å². The lowest BCUT2D eigenvalue weighted by molar-refractivity contribution is 0.103. The number of hydrogen-bond acceptors (Lipinski definition) is 4. The monoisotopic (exact) mass is 433 g/mol. The van der Waals surface area contributed by atoms with Crippen LogP contribution in [0.5, 0.6) is 11.5 Å². The topological polar surface area (TPSA) is 57.5 Å². The average molecular weight is 433 g/mol. The summed E-state index contributed by atoms with van der Waals surface area (Å²) in [6, 6.07) is 14.5. The molecule has 1 aliphatic heterocycles. The fourth-order valence-corrected chi connectivity index (χ4v) is 3.79. The number of fused-ring (bicyclic) bond motifs is 2. The van der Waals surface area contributed by atoms with Crippen LogP contribution >= 0.6 is 0 Å². The van der Waals surface area contributed by atoms with Crippen LogP contribution in [0.15, 0.2) is 71.7 Å². The number of ketones is 1. The molecule has 0 fully saturated rings. The van der Waals surface area contributed by atoms with E-state index in [1.165, 1.54) is 24.4 Å². The number of rotatable bonds is 4. The van der Waals surface area contributed by atoms with Crippen molar-refractivity contribution in [2.45, 2.75) is 6.54 Å². The van der Waals surface area contributed by atoms with Crippen molar-refractivity contribution >= 4 is 16.7 Å². The minimum atomic E-state index is -0.547. The first-order valence-corrected chi connectivity index (χ1v) is 10.0. The summed E-state index contributed by atoms with van der Waals surface area (Å²) in [4.78, 5) is 26.4. The molecule has 0 atom stereocenters. The zero-order chi connectivity index (χ0) is 22.2. The van der Waals surface area contributed by atoms with Gasteiger partial charge in [-0.25, -0.2) is 8.78 Å². The molecule has 0 N–H and O–H groups in total. The molecule has 0 unspecified atom stereocenters. The molecule has 7 heteroatoms. The molecule has 1 aromatic heterocycles. The Labute approximate surface area is 181 Å². The highest BCUT2D eigenvalue weighted by atomic mass is 19.1. The lowest BCUT2D eigenvalue weighted by atomic mass is 10.0. The van der Waals surface area contributed by atoms with E-state index in [1.807, 2.05) is 0 Å². The molecule has 1 aliphatic rings. The Morgan fingerprint density at radius 2 is 1.62 bits per heavy atom. The van der Waals surface area contributed by atoms with E-state index < -0.39 is 22.8 Å². The smallest absolute Gasteiger partial charge is 0.200 e. The molecule has 0 saturated heterocycles. The van der Waals surface area contributed by atoms with Gasteiger partial charge in [-0.2, -0.15) is 0 Å². The summed E-state index contributed by atoms with van der Waals surface area (Å²) in [5.41, 5.74) is 0.469. The zero-order valence-corrected chi connectivity index (χ0v) is 16.8. The highest BCUT2D eigenvalue weighted by Gasteiger charge is 2.21. The van der Waals surface area contributed by atoms with Crippen LogP contribution in [0.25, 0.3) is 10.9 Å². The van der Waals surface area contributed by atoms with E-state index in [0.29, 0.717) is 35.8 Å². The summed E-state index contributed by atoms with van der Waals surface area (Å²) in [6.45, 7) is 0.806. The van der Waals surface area contributed by atoms with Crippen molar-refractivity contribution in [1.29, 1.82) is 0 Å². The van der Waals surface area contributed by atoms with Crippen molar-refractivity contribution in [3.8, 4) is 11.5 Å². The quantitative estimate of drug-likeness (QED) is 0.450. The largest absolute Gasteiger partial charge is 0.486 e. The summed E-state index contributed by atoms with van der Waals surface area (Å²) in [7, 11) is 0. The van der Waals surface area contributed by atoms with Crippen molar-refractivity contribution in [2.24, 2.45) is 0 Å². The summed E-state index contributed by atoms with van der Waals surface area (Å²) in [6.07, 6.45) is 1.42.